The molecule has 17 heavy (non-hydrogen) atoms. The zero-order valence-corrected chi connectivity index (χ0v) is 11.5. The first-order valence-corrected chi connectivity index (χ1v) is 7.34. The topological polar surface area (TPSA) is 29.1 Å². The van der Waals surface area contributed by atoms with Gasteiger partial charge in [0.2, 0.25) is 5.91 Å². The van der Waals surface area contributed by atoms with E-state index in [0.717, 1.165) is 31.1 Å². The van der Waals surface area contributed by atoms with Gasteiger partial charge in [-0.05, 0) is 30.4 Å². The number of halogens is 1. The lowest BCUT2D eigenvalue weighted by Crippen LogP contribution is -2.32. The molecule has 0 heterocycles. The maximum absolute atomic E-state index is 11.5. The lowest BCUT2D eigenvalue weighted by Gasteiger charge is -2.30. The molecule has 1 aliphatic carbocycles. The van der Waals surface area contributed by atoms with E-state index < -0.39 is 0 Å². The number of fused-ring (bicyclic) bond motifs is 1. The van der Waals surface area contributed by atoms with E-state index in [0.29, 0.717) is 12.3 Å². The van der Waals surface area contributed by atoms with Gasteiger partial charge in [0.15, 0.2) is 0 Å². The lowest BCUT2D eigenvalue weighted by molar-refractivity contribution is -0.121. The van der Waals surface area contributed by atoms with Crippen LogP contribution < -0.4 is 5.32 Å². The van der Waals surface area contributed by atoms with Crippen LogP contribution in [-0.2, 0) is 11.2 Å². The van der Waals surface area contributed by atoms with Crippen LogP contribution in [-0.4, -0.2) is 17.8 Å². The first-order valence-electron chi connectivity index (χ1n) is 6.21. The van der Waals surface area contributed by atoms with Crippen molar-refractivity contribution in [2.24, 2.45) is 0 Å². The second-order valence-corrected chi connectivity index (χ2v) is 5.34. The highest BCUT2D eigenvalue weighted by molar-refractivity contribution is 9.09. The predicted octanol–water partition coefficient (Wildman–Crippen LogP) is 3.01. The maximum Gasteiger partial charge on any atom is 0.220 e. The molecule has 1 atom stereocenters. The van der Waals surface area contributed by atoms with E-state index in [1.165, 1.54) is 11.1 Å². The second kappa shape index (κ2) is 6.20. The highest BCUT2D eigenvalue weighted by atomic mass is 79.9. The molecule has 1 N–H and O–H groups in total. The van der Waals surface area contributed by atoms with Gasteiger partial charge in [0.1, 0.15) is 0 Å². The van der Waals surface area contributed by atoms with Crippen LogP contribution in [0.4, 0.5) is 0 Å². The standard InChI is InChI=1S/C14H18BrNO/c15-8-4-3-7-14(17)16-10-12-9-11-5-1-2-6-13(11)12/h1-2,5-6,12H,3-4,7-10H2,(H,16,17). The number of unbranched alkanes of at least 4 members (excludes halogenated alkanes) is 1. The predicted molar refractivity (Wildman–Crippen MR) is 73.5 cm³/mol. The highest BCUT2D eigenvalue weighted by Gasteiger charge is 2.25. The summed E-state index contributed by atoms with van der Waals surface area (Å²) in [5.74, 6) is 0.724. The van der Waals surface area contributed by atoms with Crippen LogP contribution in [0.5, 0.6) is 0 Å². The Hall–Kier alpha value is -0.830. The number of hydrogen-bond donors (Lipinski definition) is 1. The summed E-state index contributed by atoms with van der Waals surface area (Å²) in [5.41, 5.74) is 2.85. The van der Waals surface area contributed by atoms with E-state index in [1.54, 1.807) is 0 Å². The summed E-state index contributed by atoms with van der Waals surface area (Å²) in [7, 11) is 0. The van der Waals surface area contributed by atoms with E-state index in [1.807, 2.05) is 0 Å². The fourth-order valence-electron chi connectivity index (χ4n) is 2.25. The van der Waals surface area contributed by atoms with Crippen molar-refractivity contribution in [2.45, 2.75) is 31.6 Å². The lowest BCUT2D eigenvalue weighted by atomic mass is 9.77. The minimum Gasteiger partial charge on any atom is -0.355 e. The van der Waals surface area contributed by atoms with Crippen LogP contribution in [0.3, 0.4) is 0 Å². The van der Waals surface area contributed by atoms with E-state index in [2.05, 4.69) is 45.5 Å². The van der Waals surface area contributed by atoms with Crippen molar-refractivity contribution in [1.82, 2.24) is 5.32 Å². The maximum atomic E-state index is 11.5. The van der Waals surface area contributed by atoms with Gasteiger partial charge in [0.25, 0.3) is 0 Å². The van der Waals surface area contributed by atoms with E-state index in [-0.39, 0.29) is 5.91 Å². The van der Waals surface area contributed by atoms with Crippen molar-refractivity contribution in [3.8, 4) is 0 Å². The SMILES string of the molecule is O=C(CCCCBr)NCC1Cc2ccccc21. The van der Waals surface area contributed by atoms with Crippen molar-refractivity contribution >= 4 is 21.8 Å². The van der Waals surface area contributed by atoms with Gasteiger partial charge in [-0.2, -0.15) is 0 Å². The van der Waals surface area contributed by atoms with E-state index in [9.17, 15) is 4.79 Å². The molecule has 1 aliphatic rings. The molecule has 2 nitrogen and oxygen atoms in total. The van der Waals surface area contributed by atoms with Gasteiger partial charge in [-0.3, -0.25) is 4.79 Å². The van der Waals surface area contributed by atoms with Gasteiger partial charge in [-0.15, -0.1) is 0 Å². The summed E-state index contributed by atoms with van der Waals surface area (Å²) < 4.78 is 0. The van der Waals surface area contributed by atoms with Crippen LogP contribution >= 0.6 is 15.9 Å². The van der Waals surface area contributed by atoms with Gasteiger partial charge in [0, 0.05) is 24.2 Å². The van der Waals surface area contributed by atoms with Gasteiger partial charge >= 0.3 is 0 Å². The van der Waals surface area contributed by atoms with Crippen molar-refractivity contribution in [3.05, 3.63) is 35.4 Å². The Bertz CT molecular complexity index is 392. The van der Waals surface area contributed by atoms with Crippen LogP contribution in [0.15, 0.2) is 24.3 Å². The van der Waals surface area contributed by atoms with Crippen molar-refractivity contribution in [1.29, 1.82) is 0 Å². The monoisotopic (exact) mass is 295 g/mol. The quantitative estimate of drug-likeness (QED) is 0.634. The van der Waals surface area contributed by atoms with Gasteiger partial charge in [-0.25, -0.2) is 0 Å². The summed E-state index contributed by atoms with van der Waals surface area (Å²) in [6, 6.07) is 8.49. The number of carbonyl (C=O) groups is 1. The molecule has 0 radical (unpaired) electrons. The molecule has 1 amide bonds. The summed E-state index contributed by atoms with van der Waals surface area (Å²) in [5, 5.41) is 4.01. The normalized spacial score (nSPS) is 17.1. The van der Waals surface area contributed by atoms with Gasteiger partial charge in [-0.1, -0.05) is 40.2 Å². The minimum absolute atomic E-state index is 0.190. The van der Waals surface area contributed by atoms with Crippen LogP contribution in [0, 0.1) is 0 Å². The Labute approximate surface area is 111 Å². The second-order valence-electron chi connectivity index (χ2n) is 4.55. The molecule has 0 fully saturated rings. The Kier molecular flexibility index (Phi) is 4.60. The summed E-state index contributed by atoms with van der Waals surface area (Å²) in [4.78, 5) is 11.5. The fourth-order valence-corrected chi connectivity index (χ4v) is 2.65. The third kappa shape index (κ3) is 3.32. The molecule has 1 unspecified atom stereocenters. The zero-order valence-electron chi connectivity index (χ0n) is 9.92. The van der Waals surface area contributed by atoms with E-state index >= 15 is 0 Å². The molecular weight excluding hydrogens is 278 g/mol. The Morgan fingerprint density at radius 1 is 1.35 bits per heavy atom. The highest BCUT2D eigenvalue weighted by Crippen LogP contribution is 2.33. The van der Waals surface area contributed by atoms with Crippen molar-refractivity contribution in [3.63, 3.8) is 0 Å². The zero-order chi connectivity index (χ0) is 12.1. The van der Waals surface area contributed by atoms with Crippen LogP contribution in [0.25, 0.3) is 0 Å². The number of alkyl halides is 1. The van der Waals surface area contributed by atoms with Crippen molar-refractivity contribution < 1.29 is 4.79 Å². The third-order valence-electron chi connectivity index (χ3n) is 3.29. The number of nitrogens with one attached hydrogen (secondary N) is 1. The summed E-state index contributed by atoms with van der Waals surface area (Å²) in [6.07, 6.45) is 3.80. The first-order chi connectivity index (χ1) is 8.31. The molecule has 0 bridgehead atoms. The Balaban J connectivity index is 1.69. The molecule has 2 rings (SSSR count). The van der Waals surface area contributed by atoms with Crippen LogP contribution in [0.1, 0.15) is 36.3 Å². The molecule has 1 aromatic carbocycles. The van der Waals surface area contributed by atoms with Gasteiger partial charge < -0.3 is 5.32 Å². The number of benzene rings is 1. The summed E-state index contributed by atoms with van der Waals surface area (Å²) >= 11 is 3.37. The average molecular weight is 296 g/mol. The molecular formula is C14H18BrNO. The first kappa shape index (κ1) is 12.6. The van der Waals surface area contributed by atoms with Crippen molar-refractivity contribution in [2.75, 3.05) is 11.9 Å². The largest absolute Gasteiger partial charge is 0.355 e. The minimum atomic E-state index is 0.190. The Morgan fingerprint density at radius 2 is 2.18 bits per heavy atom. The average Bonchev–Trinajstić information content (AvgIpc) is 2.31. The molecule has 0 aromatic heterocycles. The molecule has 0 saturated heterocycles. The molecule has 3 heteroatoms. The molecule has 0 aliphatic heterocycles. The number of rotatable bonds is 6. The molecule has 92 valence electrons. The number of hydrogen-bond acceptors (Lipinski definition) is 1. The van der Waals surface area contributed by atoms with Gasteiger partial charge in [0.05, 0.1) is 0 Å². The Morgan fingerprint density at radius 3 is 2.94 bits per heavy atom. The van der Waals surface area contributed by atoms with Crippen LogP contribution in [0.2, 0.25) is 0 Å². The molecule has 1 aromatic rings. The number of carbonyl (C=O) groups excluding carboxylic acids is 1. The molecule has 0 saturated carbocycles. The number of amides is 1. The molecule has 0 spiro atoms. The fraction of sp³-hybridized carbons (Fsp3) is 0.500. The smallest absolute Gasteiger partial charge is 0.220 e. The third-order valence-corrected chi connectivity index (χ3v) is 3.86. The van der Waals surface area contributed by atoms with E-state index in [4.69, 9.17) is 0 Å². The summed E-state index contributed by atoms with van der Waals surface area (Å²) in [6.45, 7) is 0.796.